The molecule has 6 heteroatoms. The van der Waals surface area contributed by atoms with Crippen LogP contribution in [0.15, 0.2) is 28.9 Å². The molecular weight excluding hydrogens is 416 g/mol. The van der Waals surface area contributed by atoms with E-state index in [0.29, 0.717) is 15.7 Å². The highest BCUT2D eigenvalue weighted by molar-refractivity contribution is 14.1. The molecule has 94 valence electrons. The lowest BCUT2D eigenvalue weighted by molar-refractivity contribution is 0.0688. The maximum Gasteiger partial charge on any atom is 0.352 e. The molecule has 0 spiro atoms. The SMILES string of the molecule is Cc1cc(F)c(Br)cc1-n1cc(I)cc1C(=O)O. The van der Waals surface area contributed by atoms with Crippen molar-refractivity contribution in [2.24, 2.45) is 0 Å². The van der Waals surface area contributed by atoms with Crippen molar-refractivity contribution in [1.82, 2.24) is 4.57 Å². The fourth-order valence-corrected chi connectivity index (χ4v) is 2.59. The molecule has 0 saturated carbocycles. The normalized spacial score (nSPS) is 10.7. The van der Waals surface area contributed by atoms with Gasteiger partial charge in [-0.3, -0.25) is 0 Å². The summed E-state index contributed by atoms with van der Waals surface area (Å²) in [6.45, 7) is 1.74. The topological polar surface area (TPSA) is 42.2 Å². The van der Waals surface area contributed by atoms with Gasteiger partial charge in [0.25, 0.3) is 0 Å². The van der Waals surface area contributed by atoms with E-state index in [4.69, 9.17) is 5.11 Å². The van der Waals surface area contributed by atoms with E-state index in [1.807, 2.05) is 22.6 Å². The predicted molar refractivity (Wildman–Crippen MR) is 77.8 cm³/mol. The lowest BCUT2D eigenvalue weighted by Gasteiger charge is -2.10. The lowest BCUT2D eigenvalue weighted by Crippen LogP contribution is -2.07. The van der Waals surface area contributed by atoms with Crippen molar-refractivity contribution in [2.45, 2.75) is 6.92 Å². The summed E-state index contributed by atoms with van der Waals surface area (Å²) in [5.74, 6) is -1.38. The first-order valence-electron chi connectivity index (χ1n) is 4.97. The average Bonchev–Trinajstić information content (AvgIpc) is 2.65. The first-order valence-corrected chi connectivity index (χ1v) is 6.84. The van der Waals surface area contributed by atoms with Gasteiger partial charge < -0.3 is 9.67 Å². The zero-order valence-corrected chi connectivity index (χ0v) is 13.0. The van der Waals surface area contributed by atoms with E-state index in [-0.39, 0.29) is 11.5 Å². The highest BCUT2D eigenvalue weighted by atomic mass is 127. The molecule has 3 nitrogen and oxygen atoms in total. The van der Waals surface area contributed by atoms with Crippen LogP contribution in [-0.4, -0.2) is 15.6 Å². The Labute approximate surface area is 125 Å². The van der Waals surface area contributed by atoms with Gasteiger partial charge in [0.05, 0.1) is 10.2 Å². The van der Waals surface area contributed by atoms with E-state index >= 15 is 0 Å². The van der Waals surface area contributed by atoms with Gasteiger partial charge in [0, 0.05) is 9.77 Å². The van der Waals surface area contributed by atoms with Crippen molar-refractivity contribution >= 4 is 44.5 Å². The molecule has 1 aromatic carbocycles. The molecule has 0 fully saturated rings. The summed E-state index contributed by atoms with van der Waals surface area (Å²) < 4.78 is 16.0. The number of benzene rings is 1. The number of halogens is 3. The quantitative estimate of drug-likeness (QED) is 0.742. The zero-order valence-electron chi connectivity index (χ0n) is 9.25. The molecule has 0 radical (unpaired) electrons. The van der Waals surface area contributed by atoms with Crippen LogP contribution in [0.1, 0.15) is 16.1 Å². The number of nitrogens with zero attached hydrogens (tertiary/aromatic N) is 1. The number of carboxylic acids is 1. The van der Waals surface area contributed by atoms with Crippen LogP contribution in [0.2, 0.25) is 0 Å². The Morgan fingerprint density at radius 2 is 2.11 bits per heavy atom. The number of hydrogen-bond acceptors (Lipinski definition) is 1. The summed E-state index contributed by atoms with van der Waals surface area (Å²) in [6, 6.07) is 4.52. The van der Waals surface area contributed by atoms with Crippen LogP contribution in [0.4, 0.5) is 4.39 Å². The molecule has 0 bridgehead atoms. The van der Waals surface area contributed by atoms with Crippen LogP contribution in [0, 0.1) is 16.3 Å². The summed E-state index contributed by atoms with van der Waals surface area (Å²) in [7, 11) is 0. The van der Waals surface area contributed by atoms with E-state index in [0.717, 1.165) is 3.57 Å². The zero-order chi connectivity index (χ0) is 13.4. The Hall–Kier alpha value is -0.890. The van der Waals surface area contributed by atoms with Gasteiger partial charge >= 0.3 is 5.97 Å². The molecule has 0 unspecified atom stereocenters. The number of hydrogen-bond donors (Lipinski definition) is 1. The Balaban J connectivity index is 2.69. The highest BCUT2D eigenvalue weighted by Crippen LogP contribution is 2.26. The van der Waals surface area contributed by atoms with Gasteiger partial charge in [0.15, 0.2) is 0 Å². The summed E-state index contributed by atoms with van der Waals surface area (Å²) in [6.07, 6.45) is 1.71. The van der Waals surface area contributed by atoms with Gasteiger partial charge in [0.2, 0.25) is 0 Å². The van der Waals surface area contributed by atoms with E-state index in [2.05, 4.69) is 15.9 Å². The maximum absolute atomic E-state index is 13.4. The van der Waals surface area contributed by atoms with E-state index in [9.17, 15) is 9.18 Å². The van der Waals surface area contributed by atoms with Crippen molar-refractivity contribution in [2.75, 3.05) is 0 Å². The molecule has 2 aromatic rings. The maximum atomic E-state index is 13.4. The number of carboxylic acid groups (broad SMARTS) is 1. The number of aromatic carboxylic acids is 1. The second-order valence-corrected chi connectivity index (χ2v) is 5.87. The molecular formula is C12H8BrFINO2. The van der Waals surface area contributed by atoms with Crippen LogP contribution in [0.3, 0.4) is 0 Å². The minimum Gasteiger partial charge on any atom is -0.477 e. The Morgan fingerprint density at radius 3 is 2.72 bits per heavy atom. The highest BCUT2D eigenvalue weighted by Gasteiger charge is 2.15. The number of carbonyl (C=O) groups is 1. The summed E-state index contributed by atoms with van der Waals surface area (Å²) >= 11 is 5.15. The van der Waals surface area contributed by atoms with Crippen molar-refractivity contribution in [1.29, 1.82) is 0 Å². The second-order valence-electron chi connectivity index (χ2n) is 3.77. The third-order valence-electron chi connectivity index (χ3n) is 2.50. The standard InChI is InChI=1S/C12H8BrFINO2/c1-6-2-9(14)8(13)4-10(6)16-5-7(15)3-11(16)12(17)18/h2-5H,1H3,(H,17,18). The minimum atomic E-state index is -1.02. The summed E-state index contributed by atoms with van der Waals surface area (Å²) in [5, 5.41) is 9.15. The minimum absolute atomic E-state index is 0.154. The largest absolute Gasteiger partial charge is 0.477 e. The van der Waals surface area contributed by atoms with Crippen LogP contribution >= 0.6 is 38.5 Å². The molecule has 0 aliphatic rings. The molecule has 0 aliphatic carbocycles. The van der Waals surface area contributed by atoms with Crippen molar-refractivity contribution in [3.63, 3.8) is 0 Å². The van der Waals surface area contributed by atoms with Gasteiger partial charge in [-0.2, -0.15) is 0 Å². The monoisotopic (exact) mass is 423 g/mol. The first kappa shape index (κ1) is 13.5. The number of rotatable bonds is 2. The molecule has 1 N–H and O–H groups in total. The average molecular weight is 424 g/mol. The molecule has 0 atom stereocenters. The Kier molecular flexibility index (Phi) is 3.76. The number of aromatic nitrogens is 1. The smallest absolute Gasteiger partial charge is 0.352 e. The Bertz CT molecular complexity index is 639. The molecule has 1 aromatic heterocycles. The molecule has 2 rings (SSSR count). The van der Waals surface area contributed by atoms with Crippen LogP contribution in [-0.2, 0) is 0 Å². The fraction of sp³-hybridized carbons (Fsp3) is 0.0833. The van der Waals surface area contributed by atoms with Gasteiger partial charge in [-0.15, -0.1) is 0 Å². The molecule has 18 heavy (non-hydrogen) atoms. The van der Waals surface area contributed by atoms with E-state index in [1.54, 1.807) is 29.8 Å². The third-order valence-corrected chi connectivity index (χ3v) is 3.70. The van der Waals surface area contributed by atoms with E-state index in [1.165, 1.54) is 6.07 Å². The predicted octanol–water partition coefficient (Wildman–Crippen LogP) is 3.99. The van der Waals surface area contributed by atoms with Crippen molar-refractivity contribution < 1.29 is 14.3 Å². The van der Waals surface area contributed by atoms with Gasteiger partial charge in [0.1, 0.15) is 11.5 Å². The lowest BCUT2D eigenvalue weighted by atomic mass is 10.2. The van der Waals surface area contributed by atoms with E-state index < -0.39 is 5.97 Å². The van der Waals surface area contributed by atoms with Crippen LogP contribution in [0.25, 0.3) is 5.69 Å². The van der Waals surface area contributed by atoms with Gasteiger partial charge in [-0.1, -0.05) is 0 Å². The van der Waals surface area contributed by atoms with Crippen LogP contribution in [0.5, 0.6) is 0 Å². The third kappa shape index (κ3) is 2.44. The van der Waals surface area contributed by atoms with Crippen molar-refractivity contribution in [3.05, 3.63) is 49.5 Å². The second kappa shape index (κ2) is 5.00. The molecule has 0 saturated heterocycles. The molecule has 0 amide bonds. The summed E-state index contributed by atoms with van der Waals surface area (Å²) in [5.41, 5.74) is 1.47. The summed E-state index contributed by atoms with van der Waals surface area (Å²) in [4.78, 5) is 11.2. The van der Waals surface area contributed by atoms with Crippen molar-refractivity contribution in [3.8, 4) is 5.69 Å². The molecule has 1 heterocycles. The fourth-order valence-electron chi connectivity index (χ4n) is 1.69. The molecule has 0 aliphatic heterocycles. The van der Waals surface area contributed by atoms with Crippen LogP contribution < -0.4 is 0 Å². The van der Waals surface area contributed by atoms with Gasteiger partial charge in [-0.05, 0) is 69.2 Å². The number of aryl methyl sites for hydroxylation is 1. The first-order chi connectivity index (χ1) is 8.40. The Morgan fingerprint density at radius 1 is 1.44 bits per heavy atom. The van der Waals surface area contributed by atoms with Gasteiger partial charge in [-0.25, -0.2) is 9.18 Å².